The van der Waals surface area contributed by atoms with Crippen LogP contribution in [0.4, 0.5) is 17.1 Å². The van der Waals surface area contributed by atoms with Gasteiger partial charge in [0, 0.05) is 42.5 Å². The first kappa shape index (κ1) is 35.2. The maximum Gasteiger partial charge on any atom is 0.0540 e. The monoisotopic (exact) mass is 771 g/mol. The number of nitrogens with zero attached hydrogens (tertiary/aromatic N) is 1. The Kier molecular flexibility index (Phi) is 8.43. The van der Waals surface area contributed by atoms with Crippen LogP contribution in [0, 0.1) is 0 Å². The maximum absolute atomic E-state index is 2.41. The normalized spacial score (nSPS) is 12.7. The second kappa shape index (κ2) is 14.1. The molecule has 1 aliphatic rings. The highest BCUT2D eigenvalue weighted by Crippen LogP contribution is 2.50. The molecule has 1 heterocycles. The van der Waals surface area contributed by atoms with Gasteiger partial charge in [-0.2, -0.15) is 0 Å². The van der Waals surface area contributed by atoms with Crippen molar-refractivity contribution in [3.63, 3.8) is 0 Å². The molecular formula is C57H41NS. The van der Waals surface area contributed by atoms with Crippen molar-refractivity contribution in [2.45, 2.75) is 19.3 Å². The Morgan fingerprint density at radius 3 is 1.71 bits per heavy atom. The molecule has 1 aromatic heterocycles. The van der Waals surface area contributed by atoms with Crippen molar-refractivity contribution in [3.8, 4) is 55.6 Å². The Labute approximate surface area is 350 Å². The number of para-hydroxylation sites is 1. The minimum Gasteiger partial charge on any atom is -0.310 e. The summed E-state index contributed by atoms with van der Waals surface area (Å²) in [5.41, 5.74) is 18.5. The number of hydrogen-bond acceptors (Lipinski definition) is 2. The van der Waals surface area contributed by atoms with Gasteiger partial charge in [-0.3, -0.25) is 0 Å². The van der Waals surface area contributed by atoms with Crippen LogP contribution in [0.25, 0.3) is 75.8 Å². The van der Waals surface area contributed by atoms with Gasteiger partial charge in [0.05, 0.1) is 5.69 Å². The maximum atomic E-state index is 2.41. The fraction of sp³-hybridized carbons (Fsp3) is 0.0526. The third-order valence-electron chi connectivity index (χ3n) is 12.3. The van der Waals surface area contributed by atoms with E-state index in [0.717, 1.165) is 17.1 Å². The average Bonchev–Trinajstić information content (AvgIpc) is 3.78. The van der Waals surface area contributed by atoms with Gasteiger partial charge in [0.1, 0.15) is 0 Å². The summed E-state index contributed by atoms with van der Waals surface area (Å²) in [5.74, 6) is 0. The average molecular weight is 772 g/mol. The van der Waals surface area contributed by atoms with Crippen LogP contribution in [-0.4, -0.2) is 0 Å². The number of anilines is 3. The van der Waals surface area contributed by atoms with E-state index in [0.29, 0.717) is 0 Å². The zero-order valence-electron chi connectivity index (χ0n) is 33.1. The van der Waals surface area contributed by atoms with Crippen LogP contribution < -0.4 is 4.90 Å². The van der Waals surface area contributed by atoms with Crippen LogP contribution in [0.1, 0.15) is 25.0 Å². The first-order chi connectivity index (χ1) is 29.0. The van der Waals surface area contributed by atoms with E-state index < -0.39 is 0 Å². The lowest BCUT2D eigenvalue weighted by atomic mass is 9.82. The molecule has 11 rings (SSSR count). The number of fused-ring (bicyclic) bond motifs is 6. The minimum absolute atomic E-state index is 0.0107. The van der Waals surface area contributed by atoms with Crippen LogP contribution >= 0.6 is 11.3 Å². The predicted molar refractivity (Wildman–Crippen MR) is 253 cm³/mol. The standard InChI is InChI=1S/C57H41NS/c1-57(2)52-20-9-6-18-48(52)51-36-43(30-34-53(51)57)41-25-23-39(24-26-41)40-27-31-45(32-28-40)58(46-16-12-15-42(35-46)38-13-4-3-5-14-38)54-21-10-7-17-47(54)44-29-33-50-49-19-8-11-22-55(49)59-56(50)37-44/h3-37H,1-2H3. The molecule has 0 radical (unpaired) electrons. The lowest BCUT2D eigenvalue weighted by Gasteiger charge is -2.28. The number of benzene rings is 9. The van der Waals surface area contributed by atoms with Gasteiger partial charge < -0.3 is 4.90 Å². The van der Waals surface area contributed by atoms with E-state index in [1.165, 1.54) is 86.9 Å². The van der Waals surface area contributed by atoms with Crippen LogP contribution in [-0.2, 0) is 5.41 Å². The van der Waals surface area contributed by atoms with Gasteiger partial charge in [0.25, 0.3) is 0 Å². The highest BCUT2D eigenvalue weighted by atomic mass is 32.1. The Bertz CT molecular complexity index is 3170. The summed E-state index contributed by atoms with van der Waals surface area (Å²) < 4.78 is 2.62. The van der Waals surface area contributed by atoms with E-state index in [-0.39, 0.29) is 5.41 Å². The van der Waals surface area contributed by atoms with E-state index in [2.05, 4.69) is 231 Å². The quantitative estimate of drug-likeness (QED) is 0.156. The molecule has 1 nitrogen and oxygen atoms in total. The van der Waals surface area contributed by atoms with Gasteiger partial charge >= 0.3 is 0 Å². The van der Waals surface area contributed by atoms with Crippen LogP contribution in [0.15, 0.2) is 212 Å². The molecular weight excluding hydrogens is 731 g/mol. The second-order valence-corrected chi connectivity index (χ2v) is 17.2. The molecule has 0 aliphatic heterocycles. The molecule has 0 amide bonds. The summed E-state index contributed by atoms with van der Waals surface area (Å²) in [6, 6.07) is 78.0. The Hall–Kier alpha value is -7.00. The molecule has 0 unspecified atom stereocenters. The zero-order chi connectivity index (χ0) is 39.5. The Balaban J connectivity index is 0.965. The topological polar surface area (TPSA) is 3.24 Å². The molecule has 2 heteroatoms. The first-order valence-electron chi connectivity index (χ1n) is 20.4. The van der Waals surface area contributed by atoms with Gasteiger partial charge in [0.15, 0.2) is 0 Å². The molecule has 0 bridgehead atoms. The molecule has 1 aliphatic carbocycles. The van der Waals surface area contributed by atoms with Crippen LogP contribution in [0.5, 0.6) is 0 Å². The summed E-state index contributed by atoms with van der Waals surface area (Å²) in [5, 5.41) is 2.63. The fourth-order valence-corrected chi connectivity index (χ4v) is 10.4. The van der Waals surface area contributed by atoms with Gasteiger partial charge in [-0.25, -0.2) is 0 Å². The van der Waals surface area contributed by atoms with Crippen molar-refractivity contribution in [3.05, 3.63) is 223 Å². The van der Waals surface area contributed by atoms with Gasteiger partial charge in [-0.1, -0.05) is 178 Å². The minimum atomic E-state index is 0.0107. The third kappa shape index (κ3) is 6.07. The van der Waals surface area contributed by atoms with E-state index >= 15 is 0 Å². The fourth-order valence-electron chi connectivity index (χ4n) is 9.25. The number of hydrogen-bond donors (Lipinski definition) is 0. The lowest BCUT2D eigenvalue weighted by molar-refractivity contribution is 0.660. The van der Waals surface area contributed by atoms with Crippen molar-refractivity contribution >= 4 is 48.6 Å². The van der Waals surface area contributed by atoms with Gasteiger partial charge in [-0.15, -0.1) is 11.3 Å². The molecule has 0 N–H and O–H groups in total. The molecule has 0 saturated heterocycles. The molecule has 59 heavy (non-hydrogen) atoms. The van der Waals surface area contributed by atoms with Crippen molar-refractivity contribution in [2.24, 2.45) is 0 Å². The molecule has 10 aromatic rings. The first-order valence-corrected chi connectivity index (χ1v) is 21.2. The number of thiophene rings is 1. The summed E-state index contributed by atoms with van der Waals surface area (Å²) >= 11 is 1.86. The van der Waals surface area contributed by atoms with E-state index in [1.54, 1.807) is 0 Å². The van der Waals surface area contributed by atoms with E-state index in [9.17, 15) is 0 Å². The van der Waals surface area contributed by atoms with Crippen LogP contribution in [0.2, 0.25) is 0 Å². The Morgan fingerprint density at radius 1 is 0.339 bits per heavy atom. The smallest absolute Gasteiger partial charge is 0.0540 e. The third-order valence-corrected chi connectivity index (χ3v) is 13.4. The summed E-state index contributed by atoms with van der Waals surface area (Å²) in [4.78, 5) is 2.41. The molecule has 0 spiro atoms. The molecule has 9 aromatic carbocycles. The molecule has 0 saturated carbocycles. The number of rotatable bonds is 7. The second-order valence-electron chi connectivity index (χ2n) is 16.1. The molecule has 280 valence electrons. The van der Waals surface area contributed by atoms with Crippen molar-refractivity contribution in [2.75, 3.05) is 4.90 Å². The van der Waals surface area contributed by atoms with Crippen molar-refractivity contribution in [1.82, 2.24) is 0 Å². The molecule has 0 fully saturated rings. The predicted octanol–water partition coefficient (Wildman–Crippen LogP) is 16.5. The van der Waals surface area contributed by atoms with E-state index in [4.69, 9.17) is 0 Å². The highest BCUT2D eigenvalue weighted by Gasteiger charge is 2.35. The highest BCUT2D eigenvalue weighted by molar-refractivity contribution is 7.25. The summed E-state index contributed by atoms with van der Waals surface area (Å²) in [7, 11) is 0. The van der Waals surface area contributed by atoms with Crippen LogP contribution in [0.3, 0.4) is 0 Å². The lowest BCUT2D eigenvalue weighted by Crippen LogP contribution is -2.14. The summed E-state index contributed by atoms with van der Waals surface area (Å²) in [6.07, 6.45) is 0. The van der Waals surface area contributed by atoms with E-state index in [1.807, 2.05) is 11.3 Å². The van der Waals surface area contributed by atoms with Crippen molar-refractivity contribution < 1.29 is 0 Å². The van der Waals surface area contributed by atoms with Gasteiger partial charge in [0.2, 0.25) is 0 Å². The van der Waals surface area contributed by atoms with Crippen molar-refractivity contribution in [1.29, 1.82) is 0 Å². The SMILES string of the molecule is CC1(C)c2ccccc2-c2cc(-c3ccc(-c4ccc(N(c5cccc(-c6ccccc6)c5)c5ccccc5-c5ccc6c(c5)sc5ccccc56)cc4)cc3)ccc21. The Morgan fingerprint density at radius 2 is 0.898 bits per heavy atom. The largest absolute Gasteiger partial charge is 0.310 e. The zero-order valence-corrected chi connectivity index (χ0v) is 33.9. The van der Waals surface area contributed by atoms with Gasteiger partial charge in [-0.05, 0) is 110 Å². The summed E-state index contributed by atoms with van der Waals surface area (Å²) in [6.45, 7) is 4.67. The molecule has 0 atom stereocenters.